The lowest BCUT2D eigenvalue weighted by Gasteiger charge is -2.29. The van der Waals surface area contributed by atoms with E-state index >= 15 is 0 Å². The number of nitrogen functional groups attached to an aromatic ring is 1. The van der Waals surface area contributed by atoms with Crippen molar-refractivity contribution in [3.05, 3.63) is 23.8 Å². The molecule has 3 nitrogen and oxygen atoms in total. The second-order valence-corrected chi connectivity index (χ2v) is 4.81. The van der Waals surface area contributed by atoms with Crippen LogP contribution in [0.2, 0.25) is 0 Å². The van der Waals surface area contributed by atoms with Crippen LogP contribution in [0.1, 0.15) is 31.2 Å². The lowest BCUT2D eigenvalue weighted by Crippen LogP contribution is -2.29. The molecule has 1 aromatic rings. The van der Waals surface area contributed by atoms with Crippen LogP contribution in [0.4, 0.5) is 5.69 Å². The second kappa shape index (κ2) is 5.41. The maximum Gasteiger partial charge on any atom is 0.142 e. The van der Waals surface area contributed by atoms with Crippen molar-refractivity contribution >= 4 is 5.69 Å². The molecule has 0 saturated heterocycles. The summed E-state index contributed by atoms with van der Waals surface area (Å²) in [4.78, 5) is 0. The fourth-order valence-electron chi connectivity index (χ4n) is 2.35. The van der Waals surface area contributed by atoms with Gasteiger partial charge in [-0.25, -0.2) is 0 Å². The average molecular weight is 235 g/mol. The zero-order valence-corrected chi connectivity index (χ0v) is 10.6. The van der Waals surface area contributed by atoms with Crippen molar-refractivity contribution in [1.29, 1.82) is 0 Å². The number of hydrogen-bond donors (Lipinski definition) is 1. The van der Waals surface area contributed by atoms with Crippen molar-refractivity contribution in [3.63, 3.8) is 0 Å². The number of benzene rings is 1. The predicted molar refractivity (Wildman–Crippen MR) is 69.3 cm³/mol. The number of methoxy groups -OCH3 is 1. The van der Waals surface area contributed by atoms with E-state index in [-0.39, 0.29) is 6.10 Å². The van der Waals surface area contributed by atoms with Crippen LogP contribution in [0.15, 0.2) is 18.2 Å². The molecule has 0 bridgehead atoms. The molecule has 1 fully saturated rings. The molecule has 3 heteroatoms. The minimum atomic E-state index is 0.234. The van der Waals surface area contributed by atoms with E-state index in [2.05, 4.69) is 0 Å². The molecule has 0 spiro atoms. The van der Waals surface area contributed by atoms with Gasteiger partial charge in [0.25, 0.3) is 0 Å². The summed E-state index contributed by atoms with van der Waals surface area (Å²) in [5.74, 6) is 0.812. The summed E-state index contributed by atoms with van der Waals surface area (Å²) in [7, 11) is 1.77. The van der Waals surface area contributed by atoms with Crippen molar-refractivity contribution < 1.29 is 9.47 Å². The van der Waals surface area contributed by atoms with Crippen LogP contribution in [-0.2, 0) is 4.74 Å². The molecule has 1 aliphatic rings. The Kier molecular flexibility index (Phi) is 3.89. The van der Waals surface area contributed by atoms with Gasteiger partial charge in [-0.3, -0.25) is 0 Å². The SMILES string of the molecule is COC1CCCC(Oc2cc(C)ccc2N)C1. The van der Waals surface area contributed by atoms with E-state index in [1.165, 1.54) is 5.56 Å². The van der Waals surface area contributed by atoms with Gasteiger partial charge in [0.2, 0.25) is 0 Å². The first kappa shape index (κ1) is 12.2. The molecular weight excluding hydrogens is 214 g/mol. The lowest BCUT2D eigenvalue weighted by molar-refractivity contribution is 0.0212. The molecule has 0 radical (unpaired) electrons. The van der Waals surface area contributed by atoms with Crippen LogP contribution in [-0.4, -0.2) is 19.3 Å². The third-order valence-corrected chi connectivity index (χ3v) is 3.37. The maximum absolute atomic E-state index is 5.99. The topological polar surface area (TPSA) is 44.5 Å². The molecule has 0 aromatic heterocycles. The van der Waals surface area contributed by atoms with Crippen LogP contribution < -0.4 is 10.5 Å². The van der Waals surface area contributed by atoms with Crippen molar-refractivity contribution in [2.24, 2.45) is 0 Å². The number of rotatable bonds is 3. The highest BCUT2D eigenvalue weighted by atomic mass is 16.5. The Morgan fingerprint density at radius 3 is 2.76 bits per heavy atom. The highest BCUT2D eigenvalue weighted by Gasteiger charge is 2.23. The Morgan fingerprint density at radius 1 is 1.24 bits per heavy atom. The van der Waals surface area contributed by atoms with Crippen LogP contribution in [0, 0.1) is 6.92 Å². The summed E-state index contributed by atoms with van der Waals surface area (Å²) in [5, 5.41) is 0. The van der Waals surface area contributed by atoms with E-state index in [9.17, 15) is 0 Å². The standard InChI is InChI=1S/C14H21NO2/c1-10-6-7-13(15)14(8-10)17-12-5-3-4-11(9-12)16-2/h6-8,11-12H,3-5,9,15H2,1-2H3. The van der Waals surface area contributed by atoms with Crippen LogP contribution in [0.5, 0.6) is 5.75 Å². The van der Waals surface area contributed by atoms with E-state index in [0.29, 0.717) is 6.10 Å². The van der Waals surface area contributed by atoms with Gasteiger partial charge in [0.1, 0.15) is 11.9 Å². The summed E-state index contributed by atoms with van der Waals surface area (Å²) in [6, 6.07) is 5.91. The predicted octanol–water partition coefficient (Wildman–Crippen LogP) is 2.91. The number of nitrogens with two attached hydrogens (primary N) is 1. The van der Waals surface area contributed by atoms with Gasteiger partial charge in [0, 0.05) is 13.5 Å². The number of anilines is 1. The Hall–Kier alpha value is -1.22. The summed E-state index contributed by atoms with van der Waals surface area (Å²) >= 11 is 0. The molecule has 0 amide bonds. The normalized spacial score (nSPS) is 24.6. The van der Waals surface area contributed by atoms with E-state index in [1.54, 1.807) is 7.11 Å². The molecule has 94 valence electrons. The van der Waals surface area contributed by atoms with E-state index in [4.69, 9.17) is 15.2 Å². The van der Waals surface area contributed by atoms with Gasteiger partial charge in [-0.05, 0) is 43.9 Å². The van der Waals surface area contributed by atoms with Crippen molar-refractivity contribution in [2.45, 2.75) is 44.8 Å². The molecule has 1 aliphatic carbocycles. The number of hydrogen-bond acceptors (Lipinski definition) is 3. The van der Waals surface area contributed by atoms with Gasteiger partial charge in [-0.1, -0.05) is 6.07 Å². The molecule has 1 aromatic carbocycles. The van der Waals surface area contributed by atoms with Gasteiger partial charge < -0.3 is 15.2 Å². The summed E-state index contributed by atoms with van der Waals surface area (Å²) in [5.41, 5.74) is 7.81. The Labute approximate surface area is 103 Å². The minimum absolute atomic E-state index is 0.234. The first-order chi connectivity index (χ1) is 8.19. The lowest BCUT2D eigenvalue weighted by atomic mass is 9.95. The number of ether oxygens (including phenoxy) is 2. The third-order valence-electron chi connectivity index (χ3n) is 3.37. The van der Waals surface area contributed by atoms with Gasteiger partial charge >= 0.3 is 0 Å². The monoisotopic (exact) mass is 235 g/mol. The largest absolute Gasteiger partial charge is 0.488 e. The fourth-order valence-corrected chi connectivity index (χ4v) is 2.35. The van der Waals surface area contributed by atoms with Gasteiger partial charge in [-0.2, -0.15) is 0 Å². The molecule has 2 rings (SSSR count). The highest BCUT2D eigenvalue weighted by molar-refractivity contribution is 5.53. The molecule has 2 unspecified atom stereocenters. The maximum atomic E-state index is 5.99. The van der Waals surface area contributed by atoms with E-state index < -0.39 is 0 Å². The van der Waals surface area contributed by atoms with Crippen LogP contribution >= 0.6 is 0 Å². The van der Waals surface area contributed by atoms with E-state index in [1.807, 2.05) is 25.1 Å². The van der Waals surface area contributed by atoms with Crippen molar-refractivity contribution in [2.75, 3.05) is 12.8 Å². The molecule has 2 N–H and O–H groups in total. The first-order valence-corrected chi connectivity index (χ1v) is 6.24. The quantitative estimate of drug-likeness (QED) is 0.819. The Balaban J connectivity index is 2.02. The van der Waals surface area contributed by atoms with Gasteiger partial charge in [0.15, 0.2) is 0 Å². The Bertz CT molecular complexity index is 378. The molecular formula is C14H21NO2. The molecule has 1 saturated carbocycles. The van der Waals surface area contributed by atoms with Gasteiger partial charge in [0.05, 0.1) is 11.8 Å². The smallest absolute Gasteiger partial charge is 0.142 e. The molecule has 0 aliphatic heterocycles. The minimum Gasteiger partial charge on any atom is -0.488 e. The number of aryl methyl sites for hydroxylation is 1. The summed E-state index contributed by atoms with van der Waals surface area (Å²) < 4.78 is 11.4. The van der Waals surface area contributed by atoms with Crippen LogP contribution in [0.3, 0.4) is 0 Å². The molecule has 0 heterocycles. The zero-order valence-electron chi connectivity index (χ0n) is 10.6. The first-order valence-electron chi connectivity index (χ1n) is 6.24. The fraction of sp³-hybridized carbons (Fsp3) is 0.571. The van der Waals surface area contributed by atoms with Crippen molar-refractivity contribution in [3.8, 4) is 5.75 Å². The van der Waals surface area contributed by atoms with Gasteiger partial charge in [-0.15, -0.1) is 0 Å². The summed E-state index contributed by atoms with van der Waals surface area (Å²) in [6.07, 6.45) is 4.92. The second-order valence-electron chi connectivity index (χ2n) is 4.81. The molecule has 17 heavy (non-hydrogen) atoms. The molecule has 2 atom stereocenters. The summed E-state index contributed by atoms with van der Waals surface area (Å²) in [6.45, 7) is 2.05. The van der Waals surface area contributed by atoms with Crippen LogP contribution in [0.25, 0.3) is 0 Å². The third kappa shape index (κ3) is 3.13. The van der Waals surface area contributed by atoms with Crippen molar-refractivity contribution in [1.82, 2.24) is 0 Å². The zero-order chi connectivity index (χ0) is 12.3. The van der Waals surface area contributed by atoms with E-state index in [0.717, 1.165) is 37.1 Å². The Morgan fingerprint density at radius 2 is 2.00 bits per heavy atom. The highest BCUT2D eigenvalue weighted by Crippen LogP contribution is 2.29. The average Bonchev–Trinajstić information content (AvgIpc) is 2.34.